The van der Waals surface area contributed by atoms with Crippen molar-refractivity contribution in [2.24, 2.45) is 5.41 Å². The molecular formula is C25H28ClFN2O3. The van der Waals surface area contributed by atoms with Crippen LogP contribution >= 0.6 is 11.6 Å². The van der Waals surface area contributed by atoms with Crippen LogP contribution in [0, 0.1) is 36.4 Å². The van der Waals surface area contributed by atoms with Gasteiger partial charge in [-0.2, -0.15) is 5.26 Å². The molecule has 0 spiro atoms. The summed E-state index contributed by atoms with van der Waals surface area (Å²) in [5, 5.41) is 20.3. The van der Waals surface area contributed by atoms with Crippen molar-refractivity contribution in [2.45, 2.75) is 58.9 Å². The van der Waals surface area contributed by atoms with E-state index in [0.717, 1.165) is 11.1 Å². The third kappa shape index (κ3) is 5.29. The van der Waals surface area contributed by atoms with E-state index >= 15 is 4.39 Å². The SMILES string of the molecule is Cc1cc(Cl)ccc1CN(C=O)C(OCC1(C#N)CC1)c1c(C)cc(C(C)(C)O)cc1F. The fraction of sp³-hybridized carbons (Fsp3) is 0.440. The number of nitriles is 1. The normalized spacial score (nSPS) is 15.7. The molecule has 0 bridgehead atoms. The molecule has 2 aromatic rings. The van der Waals surface area contributed by atoms with Crippen LogP contribution in [0.4, 0.5) is 4.39 Å². The molecule has 0 saturated heterocycles. The van der Waals surface area contributed by atoms with Gasteiger partial charge < -0.3 is 14.7 Å². The summed E-state index contributed by atoms with van der Waals surface area (Å²) in [5.74, 6) is -0.575. The van der Waals surface area contributed by atoms with E-state index in [2.05, 4.69) is 6.07 Å². The summed E-state index contributed by atoms with van der Waals surface area (Å²) >= 11 is 6.05. The molecule has 1 N–H and O–H groups in total. The number of hydrogen-bond acceptors (Lipinski definition) is 4. The van der Waals surface area contributed by atoms with Crippen molar-refractivity contribution in [1.82, 2.24) is 4.90 Å². The fourth-order valence-corrected chi connectivity index (χ4v) is 3.88. The molecule has 1 aliphatic carbocycles. The number of carbonyl (C=O) groups is 1. The lowest BCUT2D eigenvalue weighted by atomic mass is 9.93. The summed E-state index contributed by atoms with van der Waals surface area (Å²) in [4.78, 5) is 13.5. The van der Waals surface area contributed by atoms with Crippen molar-refractivity contribution >= 4 is 18.0 Å². The highest BCUT2D eigenvalue weighted by Crippen LogP contribution is 2.46. The Morgan fingerprint density at radius 2 is 2.00 bits per heavy atom. The smallest absolute Gasteiger partial charge is 0.212 e. The van der Waals surface area contributed by atoms with Crippen LogP contribution in [0.25, 0.3) is 0 Å². The first-order valence-corrected chi connectivity index (χ1v) is 10.9. The van der Waals surface area contributed by atoms with Crippen molar-refractivity contribution in [3.05, 3.63) is 69.0 Å². The molecule has 32 heavy (non-hydrogen) atoms. The predicted molar refractivity (Wildman–Crippen MR) is 120 cm³/mol. The minimum absolute atomic E-state index is 0.101. The molecule has 0 heterocycles. The summed E-state index contributed by atoms with van der Waals surface area (Å²) in [6.07, 6.45) is 1.04. The molecule has 1 saturated carbocycles. The molecule has 1 fully saturated rings. The van der Waals surface area contributed by atoms with Crippen molar-refractivity contribution in [2.75, 3.05) is 6.61 Å². The zero-order valence-electron chi connectivity index (χ0n) is 18.8. The number of amides is 1. The molecule has 0 aromatic heterocycles. The van der Waals surface area contributed by atoms with E-state index in [0.29, 0.717) is 35.4 Å². The highest BCUT2D eigenvalue weighted by atomic mass is 35.5. The lowest BCUT2D eigenvalue weighted by Gasteiger charge is -2.32. The minimum atomic E-state index is -1.22. The first-order chi connectivity index (χ1) is 15.0. The highest BCUT2D eigenvalue weighted by Gasteiger charge is 2.44. The van der Waals surface area contributed by atoms with Gasteiger partial charge in [0, 0.05) is 17.1 Å². The third-order valence-electron chi connectivity index (χ3n) is 5.99. The minimum Gasteiger partial charge on any atom is -0.386 e. The number of benzene rings is 2. The average Bonchev–Trinajstić information content (AvgIpc) is 3.49. The van der Waals surface area contributed by atoms with Gasteiger partial charge in [0.05, 0.1) is 23.7 Å². The van der Waals surface area contributed by atoms with Crippen LogP contribution in [-0.2, 0) is 21.7 Å². The quantitative estimate of drug-likeness (QED) is 0.408. The first kappa shape index (κ1) is 24.2. The summed E-state index contributed by atoms with van der Waals surface area (Å²) in [6, 6.07) is 10.6. The molecule has 2 aromatic carbocycles. The maximum absolute atomic E-state index is 15.4. The van der Waals surface area contributed by atoms with E-state index in [9.17, 15) is 15.2 Å². The average molecular weight is 459 g/mol. The van der Waals surface area contributed by atoms with Crippen molar-refractivity contribution in [3.63, 3.8) is 0 Å². The maximum Gasteiger partial charge on any atom is 0.212 e. The van der Waals surface area contributed by atoms with Gasteiger partial charge in [0.2, 0.25) is 6.41 Å². The number of nitrogens with zero attached hydrogens (tertiary/aromatic N) is 2. The van der Waals surface area contributed by atoms with Crippen molar-refractivity contribution < 1.29 is 19.0 Å². The zero-order valence-corrected chi connectivity index (χ0v) is 19.5. The second kappa shape index (κ2) is 9.19. The van der Waals surface area contributed by atoms with Crippen molar-refractivity contribution in [3.8, 4) is 6.07 Å². The van der Waals surface area contributed by atoms with E-state index in [1.807, 2.05) is 13.0 Å². The Hall–Kier alpha value is -2.46. The molecule has 1 aliphatic rings. The van der Waals surface area contributed by atoms with Crippen LogP contribution in [0.15, 0.2) is 30.3 Å². The van der Waals surface area contributed by atoms with Gasteiger partial charge in [-0.05, 0) is 81.0 Å². The lowest BCUT2D eigenvalue weighted by molar-refractivity contribution is -0.137. The zero-order chi connectivity index (χ0) is 23.7. The number of aryl methyl sites for hydroxylation is 2. The van der Waals surface area contributed by atoms with E-state index in [4.69, 9.17) is 16.3 Å². The summed E-state index contributed by atoms with van der Waals surface area (Å²) in [7, 11) is 0. The highest BCUT2D eigenvalue weighted by molar-refractivity contribution is 6.30. The predicted octanol–water partition coefficient (Wildman–Crippen LogP) is 5.30. The Morgan fingerprint density at radius 1 is 1.31 bits per heavy atom. The van der Waals surface area contributed by atoms with Gasteiger partial charge in [-0.1, -0.05) is 23.7 Å². The molecule has 0 aliphatic heterocycles. The fourth-order valence-electron chi connectivity index (χ4n) is 3.65. The molecule has 5 nitrogen and oxygen atoms in total. The first-order valence-electron chi connectivity index (χ1n) is 10.5. The Bertz CT molecular complexity index is 1030. The largest absolute Gasteiger partial charge is 0.386 e. The summed E-state index contributed by atoms with van der Waals surface area (Å²) < 4.78 is 21.4. The Morgan fingerprint density at radius 3 is 2.50 bits per heavy atom. The van der Waals surface area contributed by atoms with Crippen LogP contribution in [-0.4, -0.2) is 23.0 Å². The Labute approximate surface area is 193 Å². The van der Waals surface area contributed by atoms with E-state index in [-0.39, 0.29) is 18.7 Å². The molecular weight excluding hydrogens is 431 g/mol. The molecule has 1 atom stereocenters. The van der Waals surface area contributed by atoms with Crippen LogP contribution in [0.5, 0.6) is 0 Å². The topological polar surface area (TPSA) is 73.6 Å². The molecule has 0 radical (unpaired) electrons. The van der Waals surface area contributed by atoms with Gasteiger partial charge in [0.1, 0.15) is 5.82 Å². The lowest BCUT2D eigenvalue weighted by Crippen LogP contribution is -2.32. The Balaban J connectivity index is 2.01. The number of ether oxygens (including phenoxy) is 1. The number of hydrogen-bond donors (Lipinski definition) is 1. The molecule has 7 heteroatoms. The van der Waals surface area contributed by atoms with Gasteiger partial charge in [0.15, 0.2) is 6.23 Å². The number of rotatable bonds is 9. The molecule has 1 amide bonds. The number of aliphatic hydroxyl groups is 1. The van der Waals surface area contributed by atoms with Crippen LogP contribution in [0.1, 0.15) is 60.7 Å². The van der Waals surface area contributed by atoms with Crippen LogP contribution in [0.2, 0.25) is 5.02 Å². The second-order valence-corrected chi connectivity index (χ2v) is 9.59. The molecule has 1 unspecified atom stereocenters. The maximum atomic E-state index is 15.4. The standard InChI is InChI=1S/C25H28ClFN2O3/c1-16-10-20(26)6-5-18(16)12-29(15-30)23(32-14-25(13-28)7-8-25)22-17(2)9-19(11-21(22)27)24(3,4)31/h5-6,9-11,15,23,31H,7-8,12,14H2,1-4H3. The van der Waals surface area contributed by atoms with Crippen molar-refractivity contribution in [1.29, 1.82) is 5.26 Å². The number of halogens is 2. The van der Waals surface area contributed by atoms with Gasteiger partial charge >= 0.3 is 0 Å². The second-order valence-electron chi connectivity index (χ2n) is 9.15. The van der Waals surface area contributed by atoms with E-state index in [1.54, 1.807) is 39.0 Å². The van der Waals surface area contributed by atoms with E-state index in [1.165, 1.54) is 11.0 Å². The van der Waals surface area contributed by atoms with Gasteiger partial charge in [0.25, 0.3) is 0 Å². The molecule has 170 valence electrons. The summed E-state index contributed by atoms with van der Waals surface area (Å²) in [5.41, 5.74) is 1.14. The third-order valence-corrected chi connectivity index (χ3v) is 6.23. The van der Waals surface area contributed by atoms with Gasteiger partial charge in [-0.15, -0.1) is 0 Å². The monoisotopic (exact) mass is 458 g/mol. The van der Waals surface area contributed by atoms with E-state index < -0.39 is 23.1 Å². The van der Waals surface area contributed by atoms with Crippen LogP contribution < -0.4 is 0 Å². The number of carbonyl (C=O) groups excluding carboxylic acids is 1. The van der Waals surface area contributed by atoms with Crippen LogP contribution in [0.3, 0.4) is 0 Å². The summed E-state index contributed by atoms with van der Waals surface area (Å²) in [6.45, 7) is 7.06. The molecule has 3 rings (SSSR count). The van der Waals surface area contributed by atoms with Gasteiger partial charge in [-0.3, -0.25) is 4.79 Å². The Kier molecular flexibility index (Phi) is 6.94. The van der Waals surface area contributed by atoms with Gasteiger partial charge in [-0.25, -0.2) is 4.39 Å².